The Hall–Kier alpha value is -3.09. The minimum Gasteiger partial charge on any atom is -0.497 e. The normalized spacial score (nSPS) is 12.4. The Morgan fingerprint density at radius 1 is 1.06 bits per heavy atom. The van der Waals surface area contributed by atoms with Gasteiger partial charge in [-0.1, -0.05) is 30.3 Å². The van der Waals surface area contributed by atoms with Gasteiger partial charge in [0.15, 0.2) is 6.10 Å². The maximum Gasteiger partial charge on any atom is 0.333 e. The number of rotatable bonds is 11. The molecule has 0 aliphatic rings. The van der Waals surface area contributed by atoms with E-state index in [-0.39, 0.29) is 0 Å². The molecule has 2 aromatic carbocycles. The SMILES string of the molecule is CCO[C@@H](Cc1ccc(OCC=C(c2ccc(OC)cc2)c2cccs2)cc1)C(=O)O. The molecule has 1 N–H and O–H groups in total. The molecular formula is C25H26O5S. The molecule has 1 aromatic heterocycles. The molecule has 0 bridgehead atoms. The van der Waals surface area contributed by atoms with Crippen molar-refractivity contribution in [1.82, 2.24) is 0 Å². The molecule has 0 spiro atoms. The van der Waals surface area contributed by atoms with E-state index in [1.165, 1.54) is 4.88 Å². The fourth-order valence-corrected chi connectivity index (χ4v) is 3.93. The summed E-state index contributed by atoms with van der Waals surface area (Å²) in [5.74, 6) is 0.593. The predicted molar refractivity (Wildman–Crippen MR) is 123 cm³/mol. The summed E-state index contributed by atoms with van der Waals surface area (Å²) in [5.41, 5.74) is 3.09. The highest BCUT2D eigenvalue weighted by Gasteiger charge is 2.17. The van der Waals surface area contributed by atoms with E-state index in [2.05, 4.69) is 17.5 Å². The highest BCUT2D eigenvalue weighted by Crippen LogP contribution is 2.28. The molecule has 5 nitrogen and oxygen atoms in total. The lowest BCUT2D eigenvalue weighted by atomic mass is 10.0. The van der Waals surface area contributed by atoms with Gasteiger partial charge in [0.05, 0.1) is 7.11 Å². The van der Waals surface area contributed by atoms with Crippen LogP contribution in [0.3, 0.4) is 0 Å². The summed E-state index contributed by atoms with van der Waals surface area (Å²) in [5, 5.41) is 11.3. The second kappa shape index (κ2) is 11.3. The van der Waals surface area contributed by atoms with Gasteiger partial charge in [0.2, 0.25) is 0 Å². The van der Waals surface area contributed by atoms with E-state index in [9.17, 15) is 9.90 Å². The highest BCUT2D eigenvalue weighted by molar-refractivity contribution is 7.11. The van der Waals surface area contributed by atoms with Crippen molar-refractivity contribution in [3.8, 4) is 11.5 Å². The first kappa shape index (κ1) is 22.6. The molecule has 162 valence electrons. The minimum absolute atomic E-state index is 0.323. The number of thiophene rings is 1. The first-order valence-corrected chi connectivity index (χ1v) is 10.9. The summed E-state index contributed by atoms with van der Waals surface area (Å²) in [6, 6.07) is 19.5. The van der Waals surface area contributed by atoms with Gasteiger partial charge in [-0.15, -0.1) is 11.3 Å². The lowest BCUT2D eigenvalue weighted by Gasteiger charge is -2.13. The van der Waals surface area contributed by atoms with Crippen molar-refractivity contribution in [2.75, 3.05) is 20.3 Å². The second-order valence-electron chi connectivity index (χ2n) is 6.76. The van der Waals surface area contributed by atoms with E-state index in [1.54, 1.807) is 25.4 Å². The predicted octanol–water partition coefficient (Wildman–Crippen LogP) is 5.30. The highest BCUT2D eigenvalue weighted by atomic mass is 32.1. The van der Waals surface area contributed by atoms with Crippen LogP contribution in [0.1, 0.15) is 22.9 Å². The Kier molecular flexibility index (Phi) is 8.27. The Balaban J connectivity index is 1.67. The van der Waals surface area contributed by atoms with Crippen LogP contribution in [0.15, 0.2) is 72.1 Å². The maximum absolute atomic E-state index is 11.3. The molecule has 1 heterocycles. The van der Waals surface area contributed by atoms with Crippen molar-refractivity contribution in [3.63, 3.8) is 0 Å². The van der Waals surface area contributed by atoms with Crippen molar-refractivity contribution in [2.24, 2.45) is 0 Å². The smallest absolute Gasteiger partial charge is 0.333 e. The Bertz CT molecular complexity index is 976. The zero-order chi connectivity index (χ0) is 22.1. The van der Waals surface area contributed by atoms with Crippen molar-refractivity contribution < 1.29 is 24.1 Å². The third-order valence-corrected chi connectivity index (χ3v) is 5.62. The van der Waals surface area contributed by atoms with Crippen molar-refractivity contribution >= 4 is 22.9 Å². The number of carbonyl (C=O) groups is 1. The first-order chi connectivity index (χ1) is 15.1. The van der Waals surface area contributed by atoms with Crippen LogP contribution in [0.5, 0.6) is 11.5 Å². The van der Waals surface area contributed by atoms with Crippen LogP contribution in [0.25, 0.3) is 5.57 Å². The van der Waals surface area contributed by atoms with Crippen molar-refractivity contribution in [3.05, 3.63) is 88.1 Å². The van der Waals surface area contributed by atoms with Crippen LogP contribution < -0.4 is 9.47 Å². The summed E-state index contributed by atoms with van der Waals surface area (Å²) in [6.07, 6.45) is 1.55. The van der Waals surface area contributed by atoms with Crippen LogP contribution in [-0.4, -0.2) is 37.5 Å². The van der Waals surface area contributed by atoms with Crippen LogP contribution in [-0.2, 0) is 16.0 Å². The fourth-order valence-electron chi connectivity index (χ4n) is 3.14. The van der Waals surface area contributed by atoms with Crippen molar-refractivity contribution in [1.29, 1.82) is 0 Å². The number of ether oxygens (including phenoxy) is 3. The van der Waals surface area contributed by atoms with E-state index < -0.39 is 12.1 Å². The van der Waals surface area contributed by atoms with Gasteiger partial charge >= 0.3 is 5.97 Å². The maximum atomic E-state index is 11.3. The number of methoxy groups -OCH3 is 1. The van der Waals surface area contributed by atoms with Crippen LogP contribution in [0.2, 0.25) is 0 Å². The summed E-state index contributed by atoms with van der Waals surface area (Å²) in [6.45, 7) is 2.57. The number of benzene rings is 2. The van der Waals surface area contributed by atoms with Gasteiger partial charge in [-0.05, 0) is 65.4 Å². The van der Waals surface area contributed by atoms with Gasteiger partial charge in [-0.3, -0.25) is 0 Å². The topological polar surface area (TPSA) is 65.0 Å². The third kappa shape index (κ3) is 6.44. The summed E-state index contributed by atoms with van der Waals surface area (Å²) < 4.78 is 16.4. The number of hydrogen-bond acceptors (Lipinski definition) is 5. The third-order valence-electron chi connectivity index (χ3n) is 4.71. The van der Waals surface area contributed by atoms with E-state index in [1.807, 2.05) is 54.6 Å². The lowest BCUT2D eigenvalue weighted by molar-refractivity contribution is -0.149. The lowest BCUT2D eigenvalue weighted by Crippen LogP contribution is -2.26. The molecule has 3 rings (SSSR count). The Labute approximate surface area is 186 Å². The molecule has 0 saturated carbocycles. The van der Waals surface area contributed by atoms with E-state index in [4.69, 9.17) is 14.2 Å². The number of carboxylic acids is 1. The van der Waals surface area contributed by atoms with Gasteiger partial charge in [0.25, 0.3) is 0 Å². The molecule has 0 saturated heterocycles. The Morgan fingerprint density at radius 3 is 2.35 bits per heavy atom. The van der Waals surface area contributed by atoms with E-state index >= 15 is 0 Å². The zero-order valence-electron chi connectivity index (χ0n) is 17.6. The molecule has 3 aromatic rings. The number of carboxylic acid groups (broad SMARTS) is 1. The monoisotopic (exact) mass is 438 g/mol. The van der Waals surface area contributed by atoms with Gasteiger partial charge in [0, 0.05) is 17.9 Å². The summed E-state index contributed by atoms with van der Waals surface area (Å²) in [7, 11) is 1.66. The average Bonchev–Trinajstić information content (AvgIpc) is 3.32. The first-order valence-electron chi connectivity index (χ1n) is 10.0. The molecule has 0 unspecified atom stereocenters. The van der Waals surface area contributed by atoms with Crippen molar-refractivity contribution in [2.45, 2.75) is 19.4 Å². The average molecular weight is 439 g/mol. The summed E-state index contributed by atoms with van der Waals surface area (Å²) in [4.78, 5) is 12.4. The second-order valence-corrected chi connectivity index (χ2v) is 7.71. The van der Waals surface area contributed by atoms with E-state index in [0.29, 0.717) is 19.6 Å². The molecule has 0 aliphatic carbocycles. The molecule has 0 amide bonds. The summed E-state index contributed by atoms with van der Waals surface area (Å²) >= 11 is 1.68. The quantitative estimate of drug-likeness (QED) is 0.440. The zero-order valence-corrected chi connectivity index (χ0v) is 18.4. The molecule has 31 heavy (non-hydrogen) atoms. The standard InChI is InChI=1S/C25H26O5S/c1-3-29-23(25(26)27)17-18-6-10-21(11-7-18)30-15-14-22(24-5-4-16-31-24)19-8-12-20(28-2)13-9-19/h4-14,16,23H,3,15,17H2,1-2H3,(H,26,27)/t23-/m0/s1. The number of aliphatic carboxylic acids is 1. The molecule has 0 radical (unpaired) electrons. The van der Waals surface area contributed by atoms with Gasteiger partial charge < -0.3 is 19.3 Å². The van der Waals surface area contributed by atoms with Crippen LogP contribution in [0.4, 0.5) is 0 Å². The van der Waals surface area contributed by atoms with Gasteiger partial charge in [-0.2, -0.15) is 0 Å². The Morgan fingerprint density at radius 2 is 1.77 bits per heavy atom. The number of hydrogen-bond donors (Lipinski definition) is 1. The van der Waals surface area contributed by atoms with Gasteiger partial charge in [0.1, 0.15) is 18.1 Å². The van der Waals surface area contributed by atoms with E-state index in [0.717, 1.165) is 28.2 Å². The molecule has 0 aliphatic heterocycles. The fraction of sp³-hybridized carbons (Fsp3) is 0.240. The molecular weight excluding hydrogens is 412 g/mol. The van der Waals surface area contributed by atoms with Gasteiger partial charge in [-0.25, -0.2) is 4.79 Å². The molecule has 0 fully saturated rings. The molecule has 6 heteroatoms. The molecule has 1 atom stereocenters. The van der Waals surface area contributed by atoms with Crippen LogP contribution in [0, 0.1) is 0 Å². The van der Waals surface area contributed by atoms with Crippen LogP contribution >= 0.6 is 11.3 Å². The minimum atomic E-state index is -0.952. The largest absolute Gasteiger partial charge is 0.497 e.